The third-order valence-corrected chi connectivity index (χ3v) is 4.15. The normalized spacial score (nSPS) is 11.9. The van der Waals surface area contributed by atoms with Gasteiger partial charge in [0.05, 0.1) is 17.5 Å². The number of carbonyl (C=O) groups excluding carboxylic acids is 1. The molecule has 6 heteroatoms. The smallest absolute Gasteiger partial charge is 0.263 e. The number of nitrogens with zero attached hydrogens (tertiary/aromatic N) is 2. The molecule has 1 unspecified atom stereocenters. The molecule has 4 nitrogen and oxygen atoms in total. The van der Waals surface area contributed by atoms with Crippen molar-refractivity contribution in [2.24, 2.45) is 5.92 Å². The Kier molecular flexibility index (Phi) is 8.22. The van der Waals surface area contributed by atoms with Crippen LogP contribution in [0.2, 0.25) is 10.0 Å². The molecule has 0 fully saturated rings. The molecule has 0 aliphatic rings. The van der Waals surface area contributed by atoms with E-state index in [-0.39, 0.29) is 5.91 Å². The molecule has 0 saturated carbocycles. The molecule has 0 heterocycles. The van der Waals surface area contributed by atoms with Crippen molar-refractivity contribution in [3.8, 4) is 11.8 Å². The minimum absolute atomic E-state index is 0.156. The van der Waals surface area contributed by atoms with E-state index in [0.29, 0.717) is 41.2 Å². The maximum absolute atomic E-state index is 12.6. The highest BCUT2D eigenvalue weighted by atomic mass is 35.5. The van der Waals surface area contributed by atoms with E-state index in [1.807, 2.05) is 0 Å². The average molecular weight is 357 g/mol. The number of ether oxygens (including phenoxy) is 1. The van der Waals surface area contributed by atoms with Gasteiger partial charge < -0.3 is 9.64 Å². The topological polar surface area (TPSA) is 53.3 Å². The Morgan fingerprint density at radius 1 is 1.30 bits per heavy atom. The van der Waals surface area contributed by atoms with Crippen molar-refractivity contribution in [1.29, 1.82) is 5.26 Å². The van der Waals surface area contributed by atoms with Crippen LogP contribution in [-0.4, -0.2) is 30.0 Å². The molecule has 0 aliphatic heterocycles. The average Bonchev–Trinajstić information content (AvgIpc) is 2.51. The van der Waals surface area contributed by atoms with E-state index in [4.69, 9.17) is 33.2 Å². The highest BCUT2D eigenvalue weighted by Gasteiger charge is 2.23. The van der Waals surface area contributed by atoms with Crippen molar-refractivity contribution in [3.63, 3.8) is 0 Å². The van der Waals surface area contributed by atoms with Gasteiger partial charge in [0.15, 0.2) is 6.10 Å². The van der Waals surface area contributed by atoms with Crippen molar-refractivity contribution in [3.05, 3.63) is 28.2 Å². The Balaban J connectivity index is 2.77. The minimum Gasteiger partial charge on any atom is -0.479 e. The molecule has 1 aromatic rings. The monoisotopic (exact) mass is 356 g/mol. The minimum atomic E-state index is -0.697. The van der Waals surface area contributed by atoms with Crippen LogP contribution in [0.5, 0.6) is 5.75 Å². The number of halogens is 2. The van der Waals surface area contributed by atoms with Gasteiger partial charge in [0.25, 0.3) is 5.91 Å². The van der Waals surface area contributed by atoms with Crippen molar-refractivity contribution in [2.45, 2.75) is 39.7 Å². The molecule has 1 amide bonds. The highest BCUT2D eigenvalue weighted by molar-refractivity contribution is 6.42. The summed E-state index contributed by atoms with van der Waals surface area (Å²) in [6, 6.07) is 7.12. The summed E-state index contributed by atoms with van der Waals surface area (Å²) in [5.74, 6) is 0.701. The van der Waals surface area contributed by atoms with Crippen LogP contribution < -0.4 is 4.74 Å². The lowest BCUT2D eigenvalue weighted by Gasteiger charge is -2.26. The van der Waals surface area contributed by atoms with Gasteiger partial charge in [-0.15, -0.1) is 0 Å². The number of rotatable bonds is 8. The standard InChI is InChI=1S/C17H22Cl2N2O2/c1-12(2)8-11-21(10-5-9-20)17(22)13(3)23-15-7-4-6-14(18)16(15)19/h4,6-7,12-13H,5,8,10-11H2,1-3H3. The lowest BCUT2D eigenvalue weighted by atomic mass is 10.1. The number of hydrogen-bond acceptors (Lipinski definition) is 3. The van der Waals surface area contributed by atoms with Crippen LogP contribution in [0.15, 0.2) is 18.2 Å². The molecule has 1 atom stereocenters. The molecular formula is C17H22Cl2N2O2. The second-order valence-corrected chi connectivity index (χ2v) is 6.51. The summed E-state index contributed by atoms with van der Waals surface area (Å²) in [7, 11) is 0. The van der Waals surface area contributed by atoms with Gasteiger partial charge >= 0.3 is 0 Å². The van der Waals surface area contributed by atoms with E-state index in [9.17, 15) is 4.79 Å². The van der Waals surface area contributed by atoms with Crippen molar-refractivity contribution < 1.29 is 9.53 Å². The fourth-order valence-corrected chi connectivity index (χ4v) is 2.34. The number of carbonyl (C=O) groups is 1. The van der Waals surface area contributed by atoms with Gasteiger partial charge in [0.2, 0.25) is 0 Å². The van der Waals surface area contributed by atoms with E-state index in [1.165, 1.54) is 0 Å². The van der Waals surface area contributed by atoms with Crippen molar-refractivity contribution >= 4 is 29.1 Å². The van der Waals surface area contributed by atoms with Crippen molar-refractivity contribution in [1.82, 2.24) is 4.90 Å². The molecule has 0 bridgehead atoms. The van der Waals surface area contributed by atoms with Crippen LogP contribution in [-0.2, 0) is 4.79 Å². The first kappa shape index (κ1) is 19.6. The predicted octanol–water partition coefficient (Wildman–Crippen LogP) is 4.55. The van der Waals surface area contributed by atoms with E-state index < -0.39 is 6.10 Å². The van der Waals surface area contributed by atoms with Gasteiger partial charge in [0.1, 0.15) is 10.8 Å². The van der Waals surface area contributed by atoms with E-state index in [0.717, 1.165) is 6.42 Å². The first-order valence-electron chi connectivity index (χ1n) is 7.63. The summed E-state index contributed by atoms with van der Waals surface area (Å²) in [5, 5.41) is 9.43. The van der Waals surface area contributed by atoms with Crippen LogP contribution >= 0.6 is 23.2 Å². The van der Waals surface area contributed by atoms with E-state index >= 15 is 0 Å². The maximum Gasteiger partial charge on any atom is 0.263 e. The predicted molar refractivity (Wildman–Crippen MR) is 92.8 cm³/mol. The molecule has 0 N–H and O–H groups in total. The summed E-state index contributed by atoms with van der Waals surface area (Å²) in [6.07, 6.45) is 0.479. The summed E-state index contributed by atoms with van der Waals surface area (Å²) >= 11 is 12.0. The zero-order valence-corrected chi connectivity index (χ0v) is 15.2. The Morgan fingerprint density at radius 2 is 2.00 bits per heavy atom. The van der Waals surface area contributed by atoms with Crippen LogP contribution in [0.3, 0.4) is 0 Å². The summed E-state index contributed by atoms with van der Waals surface area (Å²) in [4.78, 5) is 14.3. The van der Waals surface area contributed by atoms with Gasteiger partial charge in [-0.2, -0.15) is 5.26 Å². The number of benzene rings is 1. The van der Waals surface area contributed by atoms with Crippen molar-refractivity contribution in [2.75, 3.05) is 13.1 Å². The molecule has 126 valence electrons. The first-order chi connectivity index (χ1) is 10.9. The zero-order valence-electron chi connectivity index (χ0n) is 13.7. The fourth-order valence-electron chi connectivity index (χ4n) is 2.00. The summed E-state index contributed by atoms with van der Waals surface area (Å²) in [6.45, 7) is 6.87. The molecule has 0 aliphatic carbocycles. The van der Waals surface area contributed by atoms with E-state index in [1.54, 1.807) is 30.0 Å². The largest absolute Gasteiger partial charge is 0.479 e. The molecular weight excluding hydrogens is 335 g/mol. The van der Waals surface area contributed by atoms with Crippen LogP contribution in [0, 0.1) is 17.2 Å². The highest BCUT2D eigenvalue weighted by Crippen LogP contribution is 2.32. The van der Waals surface area contributed by atoms with Crippen LogP contribution in [0.1, 0.15) is 33.6 Å². The van der Waals surface area contributed by atoms with Crippen LogP contribution in [0.4, 0.5) is 0 Å². The molecule has 0 aromatic heterocycles. The third-order valence-electron chi connectivity index (χ3n) is 3.35. The number of amides is 1. The second-order valence-electron chi connectivity index (χ2n) is 5.73. The Bertz CT molecular complexity index is 570. The molecule has 0 saturated heterocycles. The molecule has 0 radical (unpaired) electrons. The van der Waals surface area contributed by atoms with E-state index in [2.05, 4.69) is 19.9 Å². The second kappa shape index (κ2) is 9.64. The molecule has 1 aromatic carbocycles. The zero-order chi connectivity index (χ0) is 17.4. The van der Waals surface area contributed by atoms with Crippen LogP contribution in [0.25, 0.3) is 0 Å². The molecule has 23 heavy (non-hydrogen) atoms. The van der Waals surface area contributed by atoms with Gasteiger partial charge in [0, 0.05) is 13.1 Å². The maximum atomic E-state index is 12.6. The lowest BCUT2D eigenvalue weighted by molar-refractivity contribution is -0.138. The quantitative estimate of drug-likeness (QED) is 0.686. The van der Waals surface area contributed by atoms with Gasteiger partial charge in [-0.3, -0.25) is 4.79 Å². The Hall–Kier alpha value is -1.44. The Labute approximate surface area is 147 Å². The van der Waals surface area contributed by atoms with Gasteiger partial charge in [-0.25, -0.2) is 0 Å². The molecule has 0 spiro atoms. The number of nitriles is 1. The number of hydrogen-bond donors (Lipinski definition) is 0. The lowest BCUT2D eigenvalue weighted by Crippen LogP contribution is -2.41. The van der Waals surface area contributed by atoms with Gasteiger partial charge in [-0.05, 0) is 31.4 Å². The summed E-state index contributed by atoms with van der Waals surface area (Å²) < 4.78 is 5.66. The fraction of sp³-hybridized carbons (Fsp3) is 0.529. The SMILES string of the molecule is CC(C)CCN(CCC#N)C(=O)C(C)Oc1cccc(Cl)c1Cl. The molecule has 1 rings (SSSR count). The summed E-state index contributed by atoms with van der Waals surface area (Å²) in [5.41, 5.74) is 0. The third kappa shape index (κ3) is 6.29. The first-order valence-corrected chi connectivity index (χ1v) is 8.38. The van der Waals surface area contributed by atoms with Gasteiger partial charge in [-0.1, -0.05) is 43.1 Å². The Morgan fingerprint density at radius 3 is 2.61 bits per heavy atom.